The molecule has 114 valence electrons. The maximum Gasteiger partial charge on any atom is 0.337 e. The van der Waals surface area contributed by atoms with Crippen LogP contribution in [0.5, 0.6) is 5.75 Å². The summed E-state index contributed by atoms with van der Waals surface area (Å²) in [6.45, 7) is 0.777. The Labute approximate surface area is 122 Å². The molecular formula is C14H18N2O5. The van der Waals surface area contributed by atoms with Gasteiger partial charge in [0.1, 0.15) is 5.75 Å². The van der Waals surface area contributed by atoms with E-state index in [0.717, 1.165) is 0 Å². The summed E-state index contributed by atoms with van der Waals surface area (Å²) in [5.74, 6) is -1.32. The molecule has 1 fully saturated rings. The minimum Gasteiger partial charge on any atom is -0.497 e. The van der Waals surface area contributed by atoms with Gasteiger partial charge in [0, 0.05) is 6.04 Å². The van der Waals surface area contributed by atoms with E-state index in [9.17, 15) is 14.7 Å². The fourth-order valence-corrected chi connectivity index (χ4v) is 2.26. The third-order valence-electron chi connectivity index (χ3n) is 3.50. The summed E-state index contributed by atoms with van der Waals surface area (Å²) in [4.78, 5) is 23.5. The van der Waals surface area contributed by atoms with Gasteiger partial charge >= 0.3 is 5.97 Å². The second-order valence-electron chi connectivity index (χ2n) is 4.75. The van der Waals surface area contributed by atoms with Crippen LogP contribution >= 0.6 is 0 Å². The Kier molecular flexibility index (Phi) is 4.77. The van der Waals surface area contributed by atoms with E-state index in [1.54, 1.807) is 13.1 Å². The minimum atomic E-state index is -1.13. The van der Waals surface area contributed by atoms with Gasteiger partial charge in [-0.05, 0) is 25.2 Å². The highest BCUT2D eigenvalue weighted by molar-refractivity contribution is 6.01. The normalized spacial score (nSPS) is 21.0. The van der Waals surface area contributed by atoms with Crippen molar-refractivity contribution < 1.29 is 24.2 Å². The molecule has 1 heterocycles. The van der Waals surface area contributed by atoms with E-state index in [1.165, 1.54) is 19.2 Å². The molecule has 2 unspecified atom stereocenters. The molecule has 0 spiro atoms. The van der Waals surface area contributed by atoms with Gasteiger partial charge in [-0.1, -0.05) is 0 Å². The summed E-state index contributed by atoms with van der Waals surface area (Å²) < 4.78 is 10.3. The number of carboxylic acids is 1. The van der Waals surface area contributed by atoms with Gasteiger partial charge in [-0.3, -0.25) is 4.79 Å². The van der Waals surface area contributed by atoms with Crippen molar-refractivity contribution in [2.75, 3.05) is 32.7 Å². The highest BCUT2D eigenvalue weighted by atomic mass is 16.5. The first-order valence-electron chi connectivity index (χ1n) is 6.54. The number of amides is 1. The molecule has 0 radical (unpaired) electrons. The summed E-state index contributed by atoms with van der Waals surface area (Å²) in [6.07, 6.45) is 0. The average Bonchev–Trinajstić information content (AvgIpc) is 2.96. The smallest absolute Gasteiger partial charge is 0.337 e. The number of hydrogen-bond donors (Lipinski definition) is 3. The minimum absolute atomic E-state index is 0.0115. The Morgan fingerprint density at radius 3 is 2.76 bits per heavy atom. The molecule has 2 atom stereocenters. The van der Waals surface area contributed by atoms with E-state index < -0.39 is 5.97 Å². The van der Waals surface area contributed by atoms with Crippen LogP contribution in [-0.2, 0) is 9.53 Å². The molecule has 7 nitrogen and oxygen atoms in total. The number of ether oxygens (including phenoxy) is 2. The molecule has 0 aromatic heterocycles. The standard InChI is InChI=1S/C14H18N2O5/c1-15-12-7-21-6-10(12)13(17)16-11-4-3-8(20-2)5-9(11)14(18)19/h3-5,10,12,15H,6-7H2,1-2H3,(H,16,17)(H,18,19). The number of benzene rings is 1. The van der Waals surface area contributed by atoms with E-state index in [4.69, 9.17) is 9.47 Å². The monoisotopic (exact) mass is 294 g/mol. The summed E-state index contributed by atoms with van der Waals surface area (Å²) in [5, 5.41) is 14.9. The zero-order valence-corrected chi connectivity index (χ0v) is 11.9. The van der Waals surface area contributed by atoms with Crippen molar-refractivity contribution in [3.05, 3.63) is 23.8 Å². The SMILES string of the molecule is CNC1COCC1C(=O)Nc1ccc(OC)cc1C(=O)O. The van der Waals surface area contributed by atoms with Crippen LogP contribution in [0.4, 0.5) is 5.69 Å². The Balaban J connectivity index is 2.19. The number of carbonyl (C=O) groups excluding carboxylic acids is 1. The van der Waals surface area contributed by atoms with Crippen LogP contribution in [0.1, 0.15) is 10.4 Å². The number of carboxylic acid groups (broad SMARTS) is 1. The van der Waals surface area contributed by atoms with E-state index in [2.05, 4.69) is 10.6 Å². The lowest BCUT2D eigenvalue weighted by molar-refractivity contribution is -0.120. The number of rotatable bonds is 5. The summed E-state index contributed by atoms with van der Waals surface area (Å²) in [7, 11) is 3.21. The zero-order valence-electron chi connectivity index (χ0n) is 11.9. The van der Waals surface area contributed by atoms with Crippen molar-refractivity contribution in [2.45, 2.75) is 6.04 Å². The molecule has 0 aliphatic carbocycles. The Bertz CT molecular complexity index is 546. The van der Waals surface area contributed by atoms with Crippen LogP contribution in [-0.4, -0.2) is 50.4 Å². The first kappa shape index (κ1) is 15.3. The highest BCUT2D eigenvalue weighted by Gasteiger charge is 2.33. The number of likely N-dealkylation sites (N-methyl/N-ethyl adjacent to an activating group) is 1. The van der Waals surface area contributed by atoms with Gasteiger partial charge in [0.25, 0.3) is 0 Å². The van der Waals surface area contributed by atoms with Gasteiger partial charge in [-0.2, -0.15) is 0 Å². The van der Waals surface area contributed by atoms with Crippen LogP contribution in [0.25, 0.3) is 0 Å². The largest absolute Gasteiger partial charge is 0.497 e. The van der Waals surface area contributed by atoms with Crippen molar-refractivity contribution in [3.63, 3.8) is 0 Å². The number of aromatic carboxylic acids is 1. The highest BCUT2D eigenvalue weighted by Crippen LogP contribution is 2.24. The van der Waals surface area contributed by atoms with Crippen LogP contribution in [0, 0.1) is 5.92 Å². The molecule has 21 heavy (non-hydrogen) atoms. The molecule has 1 saturated heterocycles. The first-order valence-corrected chi connectivity index (χ1v) is 6.54. The van der Waals surface area contributed by atoms with Crippen LogP contribution < -0.4 is 15.4 Å². The molecule has 1 amide bonds. The predicted octanol–water partition coefficient (Wildman–Crippen LogP) is 0.566. The second kappa shape index (κ2) is 6.55. The molecule has 2 rings (SSSR count). The van der Waals surface area contributed by atoms with Crippen LogP contribution in [0.2, 0.25) is 0 Å². The molecule has 1 aliphatic heterocycles. The second-order valence-corrected chi connectivity index (χ2v) is 4.75. The van der Waals surface area contributed by atoms with Gasteiger partial charge in [0.05, 0.1) is 37.5 Å². The van der Waals surface area contributed by atoms with Gasteiger partial charge in [0.15, 0.2) is 0 Å². The molecule has 1 aromatic carbocycles. The van der Waals surface area contributed by atoms with Crippen molar-refractivity contribution in [3.8, 4) is 5.75 Å². The van der Waals surface area contributed by atoms with Gasteiger partial charge in [-0.25, -0.2) is 4.79 Å². The maximum atomic E-state index is 12.3. The fraction of sp³-hybridized carbons (Fsp3) is 0.429. The Morgan fingerprint density at radius 2 is 2.14 bits per heavy atom. The number of hydrogen-bond acceptors (Lipinski definition) is 5. The van der Waals surface area contributed by atoms with Crippen molar-refractivity contribution in [1.82, 2.24) is 5.32 Å². The van der Waals surface area contributed by atoms with E-state index in [-0.39, 0.29) is 29.1 Å². The topological polar surface area (TPSA) is 96.9 Å². The molecule has 0 bridgehead atoms. The number of anilines is 1. The molecular weight excluding hydrogens is 276 g/mol. The summed E-state index contributed by atoms with van der Waals surface area (Å²) >= 11 is 0. The number of carbonyl (C=O) groups is 2. The van der Waals surface area contributed by atoms with Gasteiger partial charge < -0.3 is 25.2 Å². The van der Waals surface area contributed by atoms with Crippen LogP contribution in [0.3, 0.4) is 0 Å². The summed E-state index contributed by atoms with van der Waals surface area (Å²) in [6, 6.07) is 4.42. The third kappa shape index (κ3) is 3.32. The molecule has 3 N–H and O–H groups in total. The molecule has 0 saturated carbocycles. The summed E-state index contributed by atoms with van der Waals surface area (Å²) in [5.41, 5.74) is 0.234. The van der Waals surface area contributed by atoms with Crippen molar-refractivity contribution in [1.29, 1.82) is 0 Å². The van der Waals surface area contributed by atoms with Crippen molar-refractivity contribution in [2.24, 2.45) is 5.92 Å². The molecule has 1 aromatic rings. The number of methoxy groups -OCH3 is 1. The lowest BCUT2D eigenvalue weighted by Crippen LogP contribution is -2.39. The van der Waals surface area contributed by atoms with Gasteiger partial charge in [-0.15, -0.1) is 0 Å². The van der Waals surface area contributed by atoms with E-state index >= 15 is 0 Å². The quantitative estimate of drug-likeness (QED) is 0.734. The first-order chi connectivity index (χ1) is 10.1. The average molecular weight is 294 g/mol. The third-order valence-corrected chi connectivity index (χ3v) is 3.50. The fourth-order valence-electron chi connectivity index (χ4n) is 2.26. The zero-order chi connectivity index (χ0) is 15.4. The van der Waals surface area contributed by atoms with E-state index in [0.29, 0.717) is 19.0 Å². The Hall–Kier alpha value is -2.12. The van der Waals surface area contributed by atoms with Gasteiger partial charge in [0.2, 0.25) is 5.91 Å². The lowest BCUT2D eigenvalue weighted by atomic mass is 10.0. The van der Waals surface area contributed by atoms with Crippen LogP contribution in [0.15, 0.2) is 18.2 Å². The molecule has 1 aliphatic rings. The molecule has 7 heteroatoms. The lowest BCUT2D eigenvalue weighted by Gasteiger charge is -2.17. The number of nitrogens with one attached hydrogen (secondary N) is 2. The predicted molar refractivity (Wildman–Crippen MR) is 75.7 cm³/mol. The Morgan fingerprint density at radius 1 is 1.38 bits per heavy atom. The van der Waals surface area contributed by atoms with Crippen molar-refractivity contribution >= 4 is 17.6 Å². The van der Waals surface area contributed by atoms with E-state index in [1.807, 2.05) is 0 Å². The maximum absolute atomic E-state index is 12.3.